The number of hydrogen-bond acceptors (Lipinski definition) is 4. The van der Waals surface area contributed by atoms with Crippen LogP contribution in [0.3, 0.4) is 0 Å². The highest BCUT2D eigenvalue weighted by Gasteiger charge is 2.33. The van der Waals surface area contributed by atoms with Crippen LogP contribution in [0.1, 0.15) is 5.56 Å². The third-order valence-corrected chi connectivity index (χ3v) is 2.60. The Morgan fingerprint density at radius 1 is 1.00 bits per heavy atom. The van der Waals surface area contributed by atoms with E-state index in [2.05, 4.69) is 5.32 Å². The van der Waals surface area contributed by atoms with Crippen LogP contribution in [-0.4, -0.2) is 40.7 Å². The van der Waals surface area contributed by atoms with Crippen molar-refractivity contribution in [3.8, 4) is 0 Å². The Balaban J connectivity index is 3.04. The van der Waals surface area contributed by atoms with Crippen molar-refractivity contribution < 1.29 is 32.9 Å². The van der Waals surface area contributed by atoms with E-state index in [4.69, 9.17) is 15.3 Å². The van der Waals surface area contributed by atoms with Gasteiger partial charge in [0.15, 0.2) is 0 Å². The summed E-state index contributed by atoms with van der Waals surface area (Å²) in [5.74, 6) is -1.20. The van der Waals surface area contributed by atoms with Gasteiger partial charge in [0.25, 0.3) is 0 Å². The number of rotatable bonds is 5. The third-order valence-electron chi connectivity index (χ3n) is 2.60. The third kappa shape index (κ3) is 3.55. The second-order valence-electron chi connectivity index (χ2n) is 4.07. The standard InChI is InChI=1S/C11H13F4NO3/c12-8-3-7(11(13,14)15)1-2-9(8)16-10(4-17,5-18)6-19/h1-3,16-19H,4-6H2. The van der Waals surface area contributed by atoms with Gasteiger partial charge in [-0.05, 0) is 18.2 Å². The smallest absolute Gasteiger partial charge is 0.394 e. The Bertz CT molecular complexity index is 424. The minimum absolute atomic E-state index is 0.291. The predicted octanol–water partition coefficient (Wildman–Crippen LogP) is 0.972. The van der Waals surface area contributed by atoms with Gasteiger partial charge in [-0.1, -0.05) is 0 Å². The molecule has 0 saturated heterocycles. The summed E-state index contributed by atoms with van der Waals surface area (Å²) in [6.45, 7) is -2.17. The van der Waals surface area contributed by atoms with Gasteiger partial charge in [0.05, 0.1) is 31.1 Å². The zero-order chi connectivity index (χ0) is 14.7. The molecule has 1 rings (SSSR count). The number of benzene rings is 1. The van der Waals surface area contributed by atoms with Crippen LogP contribution < -0.4 is 5.32 Å². The Morgan fingerprint density at radius 3 is 1.89 bits per heavy atom. The molecule has 0 aromatic heterocycles. The average molecular weight is 283 g/mol. The summed E-state index contributed by atoms with van der Waals surface area (Å²) in [6.07, 6.45) is -4.67. The van der Waals surface area contributed by atoms with Crippen molar-refractivity contribution in [3.05, 3.63) is 29.6 Å². The van der Waals surface area contributed by atoms with Gasteiger partial charge in [0, 0.05) is 0 Å². The number of nitrogens with one attached hydrogen (secondary N) is 1. The van der Waals surface area contributed by atoms with Crippen molar-refractivity contribution in [2.24, 2.45) is 0 Å². The summed E-state index contributed by atoms with van der Waals surface area (Å²) in [6, 6.07) is 1.77. The van der Waals surface area contributed by atoms with Crippen LogP contribution in [0.2, 0.25) is 0 Å². The molecule has 0 heterocycles. The highest BCUT2D eigenvalue weighted by atomic mass is 19.4. The van der Waals surface area contributed by atoms with Crippen LogP contribution >= 0.6 is 0 Å². The maximum Gasteiger partial charge on any atom is 0.416 e. The second-order valence-corrected chi connectivity index (χ2v) is 4.07. The fourth-order valence-corrected chi connectivity index (χ4v) is 1.35. The number of aliphatic hydroxyl groups excluding tert-OH is 3. The Hall–Kier alpha value is -1.38. The molecule has 0 radical (unpaired) electrons. The monoisotopic (exact) mass is 283 g/mol. The van der Waals surface area contributed by atoms with Gasteiger partial charge in [-0.15, -0.1) is 0 Å². The molecule has 0 atom stereocenters. The molecule has 1 aromatic rings. The van der Waals surface area contributed by atoms with E-state index in [0.717, 1.165) is 6.07 Å². The predicted molar refractivity (Wildman–Crippen MR) is 59.0 cm³/mol. The molecule has 0 amide bonds. The minimum Gasteiger partial charge on any atom is -0.394 e. The number of anilines is 1. The summed E-state index contributed by atoms with van der Waals surface area (Å²) in [5.41, 5.74) is -3.12. The first-order valence-electron chi connectivity index (χ1n) is 5.25. The number of alkyl halides is 3. The van der Waals surface area contributed by atoms with E-state index in [1.807, 2.05) is 0 Å². The van der Waals surface area contributed by atoms with Crippen molar-refractivity contribution in [3.63, 3.8) is 0 Å². The van der Waals surface area contributed by atoms with Gasteiger partial charge < -0.3 is 20.6 Å². The lowest BCUT2D eigenvalue weighted by atomic mass is 10.0. The lowest BCUT2D eigenvalue weighted by Gasteiger charge is -2.30. The molecule has 4 N–H and O–H groups in total. The van der Waals surface area contributed by atoms with E-state index in [0.29, 0.717) is 12.1 Å². The minimum atomic E-state index is -4.67. The van der Waals surface area contributed by atoms with E-state index in [9.17, 15) is 17.6 Å². The number of hydrogen-bond donors (Lipinski definition) is 4. The normalized spacial score (nSPS) is 12.6. The summed E-state index contributed by atoms with van der Waals surface area (Å²) in [7, 11) is 0. The fourth-order valence-electron chi connectivity index (χ4n) is 1.35. The molecule has 0 aliphatic heterocycles. The van der Waals surface area contributed by atoms with Crippen molar-refractivity contribution in [2.45, 2.75) is 11.7 Å². The van der Waals surface area contributed by atoms with E-state index < -0.39 is 42.9 Å². The second kappa shape index (κ2) is 5.72. The molecule has 1 aromatic carbocycles. The van der Waals surface area contributed by atoms with E-state index in [1.54, 1.807) is 0 Å². The first-order chi connectivity index (χ1) is 8.78. The fraction of sp³-hybridized carbons (Fsp3) is 0.455. The zero-order valence-corrected chi connectivity index (χ0v) is 9.71. The Kier molecular flexibility index (Phi) is 4.72. The maximum absolute atomic E-state index is 13.5. The van der Waals surface area contributed by atoms with E-state index in [-0.39, 0.29) is 5.69 Å². The van der Waals surface area contributed by atoms with Crippen LogP contribution in [-0.2, 0) is 6.18 Å². The Morgan fingerprint density at radius 2 is 1.53 bits per heavy atom. The summed E-state index contributed by atoms with van der Waals surface area (Å²) < 4.78 is 50.5. The van der Waals surface area contributed by atoms with Gasteiger partial charge in [0.2, 0.25) is 0 Å². The van der Waals surface area contributed by atoms with Gasteiger partial charge in [-0.3, -0.25) is 0 Å². The van der Waals surface area contributed by atoms with Crippen LogP contribution in [0.4, 0.5) is 23.2 Å². The summed E-state index contributed by atoms with van der Waals surface area (Å²) in [5, 5.41) is 29.4. The SMILES string of the molecule is OCC(CO)(CO)Nc1ccc(C(F)(F)F)cc1F. The van der Waals surface area contributed by atoms with Gasteiger partial charge in [-0.2, -0.15) is 13.2 Å². The first-order valence-corrected chi connectivity index (χ1v) is 5.25. The number of halogens is 4. The van der Waals surface area contributed by atoms with Crippen molar-refractivity contribution in [2.75, 3.05) is 25.1 Å². The molecule has 0 unspecified atom stereocenters. The maximum atomic E-state index is 13.5. The van der Waals surface area contributed by atoms with Crippen molar-refractivity contribution in [1.82, 2.24) is 0 Å². The van der Waals surface area contributed by atoms with Crippen LogP contribution in [0, 0.1) is 5.82 Å². The quantitative estimate of drug-likeness (QED) is 0.608. The van der Waals surface area contributed by atoms with Crippen LogP contribution in [0.25, 0.3) is 0 Å². The lowest BCUT2D eigenvalue weighted by molar-refractivity contribution is -0.137. The van der Waals surface area contributed by atoms with Crippen LogP contribution in [0.15, 0.2) is 18.2 Å². The van der Waals surface area contributed by atoms with E-state index in [1.165, 1.54) is 0 Å². The summed E-state index contributed by atoms with van der Waals surface area (Å²) in [4.78, 5) is 0. The zero-order valence-electron chi connectivity index (χ0n) is 9.71. The van der Waals surface area contributed by atoms with Gasteiger partial charge in [-0.25, -0.2) is 4.39 Å². The topological polar surface area (TPSA) is 72.7 Å². The highest BCUT2D eigenvalue weighted by molar-refractivity contribution is 5.49. The first kappa shape index (κ1) is 15.7. The molecule has 19 heavy (non-hydrogen) atoms. The molecule has 0 fully saturated rings. The van der Waals surface area contributed by atoms with Crippen molar-refractivity contribution >= 4 is 5.69 Å². The van der Waals surface area contributed by atoms with Crippen LogP contribution in [0.5, 0.6) is 0 Å². The largest absolute Gasteiger partial charge is 0.416 e. The Labute approximate surface area is 106 Å². The highest BCUT2D eigenvalue weighted by Crippen LogP contribution is 2.31. The molecule has 0 aliphatic rings. The molecular formula is C11H13F4NO3. The molecular weight excluding hydrogens is 270 g/mol. The average Bonchev–Trinajstić information content (AvgIpc) is 2.37. The molecule has 8 heteroatoms. The summed E-state index contributed by atoms with van der Waals surface area (Å²) >= 11 is 0. The van der Waals surface area contributed by atoms with Crippen molar-refractivity contribution in [1.29, 1.82) is 0 Å². The molecule has 108 valence electrons. The number of aliphatic hydroxyl groups is 3. The molecule has 0 spiro atoms. The molecule has 0 aliphatic carbocycles. The van der Waals surface area contributed by atoms with E-state index >= 15 is 0 Å². The molecule has 0 saturated carbocycles. The molecule has 4 nitrogen and oxygen atoms in total. The molecule has 0 bridgehead atoms. The van der Waals surface area contributed by atoms with Gasteiger partial charge >= 0.3 is 6.18 Å². The lowest BCUT2D eigenvalue weighted by Crippen LogP contribution is -2.49. The van der Waals surface area contributed by atoms with Gasteiger partial charge in [0.1, 0.15) is 11.4 Å².